The van der Waals surface area contributed by atoms with Gasteiger partial charge in [0.05, 0.1) is 18.5 Å². The Morgan fingerprint density at radius 2 is 1.96 bits per heavy atom. The van der Waals surface area contributed by atoms with E-state index >= 15 is 0 Å². The number of ether oxygens (including phenoxy) is 1. The highest BCUT2D eigenvalue weighted by atomic mass is 16.5. The zero-order valence-electron chi connectivity index (χ0n) is 14.4. The average molecular weight is 329 g/mol. The number of amides is 1. The van der Waals surface area contributed by atoms with Crippen molar-refractivity contribution in [1.82, 2.24) is 10.1 Å². The molecule has 1 fully saturated rings. The van der Waals surface area contributed by atoms with E-state index in [1.165, 1.54) is 0 Å². The third kappa shape index (κ3) is 2.96. The highest BCUT2D eigenvalue weighted by Gasteiger charge is 2.28. The van der Waals surface area contributed by atoms with Gasteiger partial charge in [-0.3, -0.25) is 4.79 Å². The van der Waals surface area contributed by atoms with Crippen molar-refractivity contribution >= 4 is 11.6 Å². The standard InChI is InChI=1S/C18H23N3O3/c1-4-14-17(13(2)24-19-14)18(22)21-11-9-20(10-12-21)15-7-5-6-8-16(15)23-3/h5-8H,4,9-12H2,1-3H3. The van der Waals surface area contributed by atoms with Crippen molar-refractivity contribution in [2.45, 2.75) is 20.3 Å². The van der Waals surface area contributed by atoms with E-state index in [1.54, 1.807) is 14.0 Å². The summed E-state index contributed by atoms with van der Waals surface area (Å²) in [6.07, 6.45) is 0.694. The van der Waals surface area contributed by atoms with E-state index in [0.717, 1.165) is 30.2 Å². The predicted octanol–water partition coefficient (Wildman–Crippen LogP) is 2.52. The van der Waals surface area contributed by atoms with E-state index in [1.807, 2.05) is 30.0 Å². The van der Waals surface area contributed by atoms with E-state index in [-0.39, 0.29) is 5.91 Å². The van der Waals surface area contributed by atoms with Gasteiger partial charge in [-0.2, -0.15) is 0 Å². The number of anilines is 1. The molecule has 0 radical (unpaired) electrons. The molecule has 6 nitrogen and oxygen atoms in total. The number of aromatic nitrogens is 1. The fourth-order valence-electron chi connectivity index (χ4n) is 3.13. The van der Waals surface area contributed by atoms with Crippen molar-refractivity contribution in [1.29, 1.82) is 0 Å². The summed E-state index contributed by atoms with van der Waals surface area (Å²) in [5.74, 6) is 1.48. The lowest BCUT2D eigenvalue weighted by Crippen LogP contribution is -2.49. The molecule has 0 aliphatic carbocycles. The van der Waals surface area contributed by atoms with Gasteiger partial charge in [-0.1, -0.05) is 24.2 Å². The highest BCUT2D eigenvalue weighted by molar-refractivity contribution is 5.96. The second-order valence-electron chi connectivity index (χ2n) is 5.87. The second-order valence-corrected chi connectivity index (χ2v) is 5.87. The van der Waals surface area contributed by atoms with Gasteiger partial charge in [0.25, 0.3) is 5.91 Å². The van der Waals surface area contributed by atoms with Crippen molar-refractivity contribution in [2.24, 2.45) is 0 Å². The molecule has 1 aliphatic heterocycles. The number of para-hydroxylation sites is 2. The first-order valence-electron chi connectivity index (χ1n) is 8.28. The van der Waals surface area contributed by atoms with Crippen LogP contribution in [0.2, 0.25) is 0 Å². The van der Waals surface area contributed by atoms with Gasteiger partial charge in [0, 0.05) is 26.2 Å². The topological polar surface area (TPSA) is 58.8 Å². The number of methoxy groups -OCH3 is 1. The average Bonchev–Trinajstić information content (AvgIpc) is 3.02. The molecule has 24 heavy (non-hydrogen) atoms. The summed E-state index contributed by atoms with van der Waals surface area (Å²) in [5, 5.41) is 3.99. The van der Waals surface area contributed by atoms with E-state index in [2.05, 4.69) is 16.1 Å². The van der Waals surface area contributed by atoms with Crippen LogP contribution in [-0.4, -0.2) is 49.3 Å². The minimum Gasteiger partial charge on any atom is -0.495 e. The van der Waals surface area contributed by atoms with Gasteiger partial charge in [-0.25, -0.2) is 0 Å². The normalized spacial score (nSPS) is 14.8. The Morgan fingerprint density at radius 3 is 2.62 bits per heavy atom. The molecule has 1 saturated heterocycles. The van der Waals surface area contributed by atoms with Crippen LogP contribution in [0.4, 0.5) is 5.69 Å². The molecule has 0 bridgehead atoms. The maximum absolute atomic E-state index is 12.8. The number of hydrogen-bond acceptors (Lipinski definition) is 5. The summed E-state index contributed by atoms with van der Waals surface area (Å²) in [7, 11) is 1.68. The molecule has 1 aromatic carbocycles. The van der Waals surface area contributed by atoms with Gasteiger partial charge < -0.3 is 19.1 Å². The molecular formula is C18H23N3O3. The summed E-state index contributed by atoms with van der Waals surface area (Å²) in [5.41, 5.74) is 2.44. The summed E-state index contributed by atoms with van der Waals surface area (Å²) < 4.78 is 10.6. The van der Waals surface area contributed by atoms with Crippen LogP contribution in [0.1, 0.15) is 28.7 Å². The Bertz CT molecular complexity index is 718. The van der Waals surface area contributed by atoms with Crippen LogP contribution >= 0.6 is 0 Å². The van der Waals surface area contributed by atoms with Gasteiger partial charge in [-0.05, 0) is 25.5 Å². The Hall–Kier alpha value is -2.50. The first-order valence-corrected chi connectivity index (χ1v) is 8.28. The summed E-state index contributed by atoms with van der Waals surface area (Å²) in [4.78, 5) is 16.9. The molecule has 2 heterocycles. The van der Waals surface area contributed by atoms with Gasteiger partial charge >= 0.3 is 0 Å². The van der Waals surface area contributed by atoms with Gasteiger partial charge in [0.15, 0.2) is 0 Å². The summed E-state index contributed by atoms with van der Waals surface area (Å²) in [6, 6.07) is 7.98. The minimum absolute atomic E-state index is 0.0188. The molecule has 1 aliphatic rings. The minimum atomic E-state index is 0.0188. The third-order valence-corrected chi connectivity index (χ3v) is 4.47. The van der Waals surface area contributed by atoms with Crippen molar-refractivity contribution in [3.05, 3.63) is 41.3 Å². The third-order valence-electron chi connectivity index (χ3n) is 4.47. The van der Waals surface area contributed by atoms with Crippen LogP contribution in [0, 0.1) is 6.92 Å². The van der Waals surface area contributed by atoms with Crippen molar-refractivity contribution < 1.29 is 14.1 Å². The largest absolute Gasteiger partial charge is 0.495 e. The van der Waals surface area contributed by atoms with Crippen LogP contribution in [0.3, 0.4) is 0 Å². The zero-order valence-corrected chi connectivity index (χ0v) is 14.4. The van der Waals surface area contributed by atoms with Crippen molar-refractivity contribution in [3.8, 4) is 5.75 Å². The molecule has 3 rings (SSSR count). The number of benzene rings is 1. The van der Waals surface area contributed by atoms with Crippen LogP contribution in [0.15, 0.2) is 28.8 Å². The maximum atomic E-state index is 12.8. The van der Waals surface area contributed by atoms with Crippen LogP contribution in [0.5, 0.6) is 5.75 Å². The number of carbonyl (C=O) groups excluding carboxylic acids is 1. The lowest BCUT2D eigenvalue weighted by Gasteiger charge is -2.36. The number of hydrogen-bond donors (Lipinski definition) is 0. The molecule has 0 N–H and O–H groups in total. The fourth-order valence-corrected chi connectivity index (χ4v) is 3.13. The molecule has 0 unspecified atom stereocenters. The highest BCUT2D eigenvalue weighted by Crippen LogP contribution is 2.28. The number of piperazine rings is 1. The first kappa shape index (κ1) is 16.4. The fraction of sp³-hybridized carbons (Fsp3) is 0.444. The summed E-state index contributed by atoms with van der Waals surface area (Å²) in [6.45, 7) is 6.67. The lowest BCUT2D eigenvalue weighted by atomic mass is 10.1. The van der Waals surface area contributed by atoms with Gasteiger partial charge in [0.2, 0.25) is 0 Å². The Balaban J connectivity index is 1.71. The Labute approximate surface area is 142 Å². The van der Waals surface area contributed by atoms with Crippen LogP contribution < -0.4 is 9.64 Å². The van der Waals surface area contributed by atoms with Crippen LogP contribution in [0.25, 0.3) is 0 Å². The molecule has 0 spiro atoms. The smallest absolute Gasteiger partial charge is 0.259 e. The van der Waals surface area contributed by atoms with E-state index < -0.39 is 0 Å². The van der Waals surface area contributed by atoms with Crippen LogP contribution in [-0.2, 0) is 6.42 Å². The molecular weight excluding hydrogens is 306 g/mol. The molecule has 1 amide bonds. The number of rotatable bonds is 4. The lowest BCUT2D eigenvalue weighted by molar-refractivity contribution is 0.0744. The quantitative estimate of drug-likeness (QED) is 0.862. The molecule has 6 heteroatoms. The second kappa shape index (κ2) is 6.95. The number of nitrogens with zero attached hydrogens (tertiary/aromatic N) is 3. The molecule has 2 aromatic rings. The number of carbonyl (C=O) groups is 1. The molecule has 0 saturated carbocycles. The molecule has 128 valence electrons. The van der Waals surface area contributed by atoms with E-state index in [0.29, 0.717) is 30.8 Å². The first-order chi connectivity index (χ1) is 11.7. The Morgan fingerprint density at radius 1 is 1.25 bits per heavy atom. The molecule has 1 aromatic heterocycles. The van der Waals surface area contributed by atoms with Gasteiger partial charge in [-0.15, -0.1) is 0 Å². The van der Waals surface area contributed by atoms with Crippen molar-refractivity contribution in [3.63, 3.8) is 0 Å². The maximum Gasteiger partial charge on any atom is 0.259 e. The van der Waals surface area contributed by atoms with E-state index in [9.17, 15) is 4.79 Å². The number of aryl methyl sites for hydroxylation is 2. The zero-order chi connectivity index (χ0) is 17.1. The SMILES string of the molecule is CCc1noc(C)c1C(=O)N1CCN(c2ccccc2OC)CC1. The monoisotopic (exact) mass is 329 g/mol. The Kier molecular flexibility index (Phi) is 4.74. The molecule has 0 atom stereocenters. The van der Waals surface area contributed by atoms with E-state index in [4.69, 9.17) is 9.26 Å². The summed E-state index contributed by atoms with van der Waals surface area (Å²) >= 11 is 0. The van der Waals surface area contributed by atoms with Crippen molar-refractivity contribution in [2.75, 3.05) is 38.2 Å². The van der Waals surface area contributed by atoms with Gasteiger partial charge in [0.1, 0.15) is 17.1 Å². The predicted molar refractivity (Wildman–Crippen MR) is 91.7 cm³/mol.